The summed E-state index contributed by atoms with van der Waals surface area (Å²) in [5.74, 6) is -0.731. The van der Waals surface area contributed by atoms with Crippen LogP contribution in [-0.4, -0.2) is 28.7 Å². The summed E-state index contributed by atoms with van der Waals surface area (Å²) in [4.78, 5) is 6.57. The van der Waals surface area contributed by atoms with E-state index in [4.69, 9.17) is 0 Å². The third-order valence-electron chi connectivity index (χ3n) is 1.32. The lowest BCUT2D eigenvalue weighted by Gasteiger charge is -2.19. The van der Waals surface area contributed by atoms with Crippen LogP contribution in [-0.2, 0) is 0 Å². The zero-order valence-electron chi connectivity index (χ0n) is 7.08. The van der Waals surface area contributed by atoms with E-state index in [0.717, 1.165) is 18.6 Å². The Morgan fingerprint density at radius 3 is 2.33 bits per heavy atom. The number of rotatable bonds is 4. The van der Waals surface area contributed by atoms with E-state index in [2.05, 4.69) is 14.7 Å². The lowest BCUT2D eigenvalue weighted by molar-refractivity contribution is -0.246. The first-order valence-corrected chi connectivity index (χ1v) is 3.68. The second-order valence-electron chi connectivity index (χ2n) is 2.44. The lowest BCUT2D eigenvalue weighted by Crippen LogP contribution is -2.41. The number of aromatic nitrogens is 2. The van der Waals surface area contributed by atoms with E-state index in [9.17, 15) is 22.0 Å². The molecule has 0 saturated heterocycles. The molecule has 0 aliphatic rings. The highest BCUT2D eigenvalue weighted by molar-refractivity contribution is 5.02. The minimum Gasteiger partial charge on any atom is -0.411 e. The van der Waals surface area contributed by atoms with E-state index in [1.807, 2.05) is 0 Å². The van der Waals surface area contributed by atoms with Gasteiger partial charge in [0.25, 0.3) is 12.6 Å². The predicted molar refractivity (Wildman–Crippen MR) is 38.5 cm³/mol. The van der Waals surface area contributed by atoms with E-state index in [0.29, 0.717) is 0 Å². The molecule has 1 unspecified atom stereocenters. The molecule has 0 N–H and O–H groups in total. The number of nitrogens with zero attached hydrogens (tertiary/aromatic N) is 2. The highest BCUT2D eigenvalue weighted by Crippen LogP contribution is 2.28. The first-order chi connectivity index (χ1) is 6.93. The van der Waals surface area contributed by atoms with Crippen LogP contribution in [0.15, 0.2) is 18.6 Å². The van der Waals surface area contributed by atoms with Crippen molar-refractivity contribution in [2.45, 2.75) is 18.7 Å². The molecule has 1 heterocycles. The molecule has 1 aromatic rings. The molecule has 0 aliphatic carbocycles. The summed E-state index contributed by atoms with van der Waals surface area (Å²) in [7, 11) is 0. The van der Waals surface area contributed by atoms with E-state index in [1.54, 1.807) is 0 Å². The zero-order chi connectivity index (χ0) is 11.5. The Bertz CT molecular complexity index is 308. The molecular formula is C7H5F5N2O. The number of hydrogen-bond donors (Lipinski definition) is 0. The summed E-state index contributed by atoms with van der Waals surface area (Å²) < 4.78 is 64.5. The van der Waals surface area contributed by atoms with Crippen molar-refractivity contribution in [2.24, 2.45) is 0 Å². The van der Waals surface area contributed by atoms with Crippen molar-refractivity contribution in [3.63, 3.8) is 0 Å². The Balaban J connectivity index is 2.72. The minimum absolute atomic E-state index is 0.731. The van der Waals surface area contributed by atoms with E-state index in [1.165, 1.54) is 0 Å². The van der Waals surface area contributed by atoms with E-state index >= 15 is 0 Å². The molecule has 84 valence electrons. The predicted octanol–water partition coefficient (Wildman–Crippen LogP) is 2.05. The molecule has 0 bridgehead atoms. The smallest absolute Gasteiger partial charge is 0.411 e. The Kier molecular flexibility index (Phi) is 3.38. The first kappa shape index (κ1) is 11.6. The second kappa shape index (κ2) is 4.37. The fourth-order valence-electron chi connectivity index (χ4n) is 0.681. The summed E-state index contributed by atoms with van der Waals surface area (Å²) in [5.41, 5.74) is 0. The molecule has 0 aromatic carbocycles. The maximum Gasteiger partial charge on any atom is 0.436 e. The van der Waals surface area contributed by atoms with Crippen LogP contribution in [0.3, 0.4) is 0 Å². The Morgan fingerprint density at radius 1 is 1.20 bits per heavy atom. The molecule has 8 heteroatoms. The number of halogens is 5. The quantitative estimate of drug-likeness (QED) is 0.740. The third kappa shape index (κ3) is 3.00. The highest BCUT2D eigenvalue weighted by Gasteiger charge is 2.49. The molecule has 1 rings (SSSR count). The monoisotopic (exact) mass is 228 g/mol. The normalized spacial score (nSPS) is 14.0. The van der Waals surface area contributed by atoms with Gasteiger partial charge < -0.3 is 4.74 Å². The molecule has 0 aliphatic heterocycles. The van der Waals surface area contributed by atoms with Crippen LogP contribution in [0.2, 0.25) is 0 Å². The van der Waals surface area contributed by atoms with Crippen LogP contribution < -0.4 is 4.74 Å². The lowest BCUT2D eigenvalue weighted by atomic mass is 10.4. The van der Waals surface area contributed by atoms with Crippen molar-refractivity contribution in [3.8, 4) is 5.88 Å². The van der Waals surface area contributed by atoms with Gasteiger partial charge >= 0.3 is 6.11 Å². The van der Waals surface area contributed by atoms with Crippen LogP contribution in [0, 0.1) is 0 Å². The molecule has 1 atom stereocenters. The molecule has 0 radical (unpaired) electrons. The van der Waals surface area contributed by atoms with Crippen molar-refractivity contribution in [2.75, 3.05) is 0 Å². The molecule has 0 spiro atoms. The summed E-state index contributed by atoms with van der Waals surface area (Å²) in [6, 6.07) is 0. The Labute approximate surface area is 80.9 Å². The van der Waals surface area contributed by atoms with Crippen molar-refractivity contribution < 1.29 is 26.7 Å². The van der Waals surface area contributed by atoms with Gasteiger partial charge in [0.1, 0.15) is 0 Å². The van der Waals surface area contributed by atoms with E-state index < -0.39 is 24.6 Å². The van der Waals surface area contributed by atoms with Gasteiger partial charge in [0.15, 0.2) is 0 Å². The van der Waals surface area contributed by atoms with Crippen LogP contribution >= 0.6 is 0 Å². The van der Waals surface area contributed by atoms with Gasteiger partial charge in [0.2, 0.25) is 5.88 Å². The topological polar surface area (TPSA) is 35.0 Å². The largest absolute Gasteiger partial charge is 0.436 e. The molecule has 1 aromatic heterocycles. The van der Waals surface area contributed by atoms with Crippen LogP contribution in [0.25, 0.3) is 0 Å². The maximum atomic E-state index is 12.6. The number of hydrogen-bond acceptors (Lipinski definition) is 3. The van der Waals surface area contributed by atoms with Gasteiger partial charge in [-0.15, -0.1) is 0 Å². The SMILES string of the molecule is FC(F)C(F)C(F)(F)Oc1cnccn1. The fourth-order valence-corrected chi connectivity index (χ4v) is 0.681. The van der Waals surface area contributed by atoms with Gasteiger partial charge in [-0.05, 0) is 0 Å². The van der Waals surface area contributed by atoms with E-state index in [-0.39, 0.29) is 0 Å². The molecule has 0 saturated carbocycles. The number of alkyl halides is 5. The summed E-state index contributed by atoms with van der Waals surface area (Å²) in [6.07, 6.45) is -9.27. The van der Waals surface area contributed by atoms with Crippen molar-refractivity contribution >= 4 is 0 Å². The van der Waals surface area contributed by atoms with Crippen molar-refractivity contribution in [1.82, 2.24) is 9.97 Å². The standard InChI is InChI=1S/C7H5F5N2O/c8-5(6(9)10)7(11,12)15-4-3-13-1-2-14-4/h1-3,5-6H. The average Bonchev–Trinajstić information content (AvgIpc) is 2.17. The van der Waals surface area contributed by atoms with Gasteiger partial charge in [-0.1, -0.05) is 0 Å². The average molecular weight is 228 g/mol. The minimum atomic E-state index is -4.63. The van der Waals surface area contributed by atoms with Crippen LogP contribution in [0.5, 0.6) is 5.88 Å². The summed E-state index contributed by atoms with van der Waals surface area (Å²) >= 11 is 0. The Morgan fingerprint density at radius 2 is 1.87 bits per heavy atom. The van der Waals surface area contributed by atoms with Crippen molar-refractivity contribution in [3.05, 3.63) is 18.6 Å². The summed E-state index contributed by atoms with van der Waals surface area (Å²) in [5, 5.41) is 0. The van der Waals surface area contributed by atoms with Crippen molar-refractivity contribution in [1.29, 1.82) is 0 Å². The van der Waals surface area contributed by atoms with Crippen LogP contribution in [0.4, 0.5) is 22.0 Å². The third-order valence-corrected chi connectivity index (χ3v) is 1.32. The van der Waals surface area contributed by atoms with Crippen LogP contribution in [0.1, 0.15) is 0 Å². The Hall–Kier alpha value is -1.47. The molecule has 0 amide bonds. The highest BCUT2D eigenvalue weighted by atomic mass is 19.3. The zero-order valence-corrected chi connectivity index (χ0v) is 7.08. The van der Waals surface area contributed by atoms with Gasteiger partial charge in [0.05, 0.1) is 6.20 Å². The van der Waals surface area contributed by atoms with Gasteiger partial charge in [-0.3, -0.25) is 4.98 Å². The molecule has 0 fully saturated rings. The number of ether oxygens (including phenoxy) is 1. The van der Waals surface area contributed by atoms with Gasteiger partial charge in [-0.25, -0.2) is 18.2 Å². The molecule has 3 nitrogen and oxygen atoms in total. The molecule has 15 heavy (non-hydrogen) atoms. The maximum absolute atomic E-state index is 12.6. The summed E-state index contributed by atoms with van der Waals surface area (Å²) in [6.45, 7) is 0. The van der Waals surface area contributed by atoms with Gasteiger partial charge in [-0.2, -0.15) is 8.78 Å². The first-order valence-electron chi connectivity index (χ1n) is 3.68. The van der Waals surface area contributed by atoms with Gasteiger partial charge in [0, 0.05) is 12.4 Å². The fraction of sp³-hybridized carbons (Fsp3) is 0.429. The molecular weight excluding hydrogens is 223 g/mol. The second-order valence-corrected chi connectivity index (χ2v) is 2.44.